The van der Waals surface area contributed by atoms with E-state index in [1.54, 1.807) is 6.07 Å². The maximum Gasteiger partial charge on any atom is 0.341 e. The Labute approximate surface area is 93.2 Å². The van der Waals surface area contributed by atoms with Gasteiger partial charge >= 0.3 is 5.76 Å². The first-order valence-corrected chi connectivity index (χ1v) is 6.70. The topological polar surface area (TPSA) is 34.1 Å². The highest BCUT2D eigenvalue weighted by molar-refractivity contribution is 7.91. The Kier molecular flexibility index (Phi) is 2.97. The first-order valence-electron chi connectivity index (χ1n) is 5.15. The molecular weight excluding hydrogens is 234 g/mol. The third kappa shape index (κ3) is 1.96. The molecule has 0 amide bonds. The second kappa shape index (κ2) is 4.13. The first-order chi connectivity index (χ1) is 7.51. The number of hydrogen-bond acceptors (Lipinski definition) is 2. The molecule has 1 aromatic carbocycles. The molecule has 0 atom stereocenters. The van der Waals surface area contributed by atoms with Crippen LogP contribution < -0.4 is 0 Å². The average molecular weight is 246 g/mol. The van der Waals surface area contributed by atoms with Gasteiger partial charge in [-0.25, -0.2) is 8.42 Å². The molecule has 88 valence electrons. The van der Waals surface area contributed by atoms with Gasteiger partial charge in [0, 0.05) is 0 Å². The first kappa shape index (κ1) is 11.5. The Morgan fingerprint density at radius 2 is 1.69 bits per heavy atom. The van der Waals surface area contributed by atoms with E-state index in [0.29, 0.717) is 0 Å². The summed E-state index contributed by atoms with van der Waals surface area (Å²) in [6.07, 6.45) is 3.76. The van der Waals surface area contributed by atoms with Gasteiger partial charge in [0.25, 0.3) is 0 Å². The molecule has 1 aliphatic rings. The summed E-state index contributed by atoms with van der Waals surface area (Å²) in [7, 11) is -4.44. The van der Waals surface area contributed by atoms with E-state index in [1.807, 2.05) is 0 Å². The average Bonchev–Trinajstić information content (AvgIpc) is 2.28. The molecule has 1 aliphatic carbocycles. The van der Waals surface area contributed by atoms with Crippen molar-refractivity contribution in [2.24, 2.45) is 0 Å². The zero-order valence-corrected chi connectivity index (χ0v) is 9.43. The number of fused-ring (bicyclic) bond motifs is 1. The number of rotatable bonds is 2. The van der Waals surface area contributed by atoms with E-state index in [9.17, 15) is 17.2 Å². The minimum atomic E-state index is -4.44. The highest BCUT2D eigenvalue weighted by Gasteiger charge is 2.27. The number of aryl methyl sites for hydroxylation is 2. The second-order valence-electron chi connectivity index (χ2n) is 3.94. The molecule has 0 radical (unpaired) electrons. The van der Waals surface area contributed by atoms with Gasteiger partial charge in [-0.15, -0.1) is 0 Å². The van der Waals surface area contributed by atoms with E-state index in [4.69, 9.17) is 0 Å². The molecular formula is C11H12F2O2S. The smallest absolute Gasteiger partial charge is 0.218 e. The van der Waals surface area contributed by atoms with Crippen LogP contribution in [-0.4, -0.2) is 14.2 Å². The van der Waals surface area contributed by atoms with Crippen LogP contribution in [0, 0.1) is 0 Å². The van der Waals surface area contributed by atoms with Crippen LogP contribution in [0.4, 0.5) is 8.78 Å². The van der Waals surface area contributed by atoms with Crippen molar-refractivity contribution in [3.63, 3.8) is 0 Å². The van der Waals surface area contributed by atoms with Crippen molar-refractivity contribution < 1.29 is 17.2 Å². The van der Waals surface area contributed by atoms with Crippen molar-refractivity contribution in [1.29, 1.82) is 0 Å². The molecule has 16 heavy (non-hydrogen) atoms. The number of sulfone groups is 1. The van der Waals surface area contributed by atoms with Crippen LogP contribution in [0.3, 0.4) is 0 Å². The number of alkyl halides is 2. The molecule has 1 aromatic rings. The molecule has 0 saturated carbocycles. The molecule has 0 fully saturated rings. The van der Waals surface area contributed by atoms with Gasteiger partial charge in [-0.05, 0) is 48.9 Å². The predicted molar refractivity (Wildman–Crippen MR) is 56.3 cm³/mol. The molecule has 0 saturated heterocycles. The van der Waals surface area contributed by atoms with Crippen molar-refractivity contribution >= 4 is 9.84 Å². The number of halogens is 2. The van der Waals surface area contributed by atoms with Crippen molar-refractivity contribution in [2.45, 2.75) is 36.3 Å². The lowest BCUT2D eigenvalue weighted by Crippen LogP contribution is -2.13. The van der Waals surface area contributed by atoms with Crippen LogP contribution >= 0.6 is 0 Å². The summed E-state index contributed by atoms with van der Waals surface area (Å²) in [4.78, 5) is -0.261. The van der Waals surface area contributed by atoms with Crippen molar-refractivity contribution in [1.82, 2.24) is 0 Å². The minimum Gasteiger partial charge on any atom is -0.218 e. The van der Waals surface area contributed by atoms with Crippen LogP contribution in [-0.2, 0) is 22.7 Å². The van der Waals surface area contributed by atoms with Gasteiger partial charge in [0.2, 0.25) is 9.84 Å². The molecule has 0 N–H and O–H groups in total. The highest BCUT2D eigenvalue weighted by Crippen LogP contribution is 2.26. The van der Waals surface area contributed by atoms with E-state index >= 15 is 0 Å². The van der Waals surface area contributed by atoms with Crippen molar-refractivity contribution in [2.75, 3.05) is 0 Å². The Hall–Kier alpha value is -0.970. The molecule has 0 bridgehead atoms. The normalized spacial score (nSPS) is 16.2. The van der Waals surface area contributed by atoms with E-state index in [1.165, 1.54) is 12.1 Å². The lowest BCUT2D eigenvalue weighted by Gasteiger charge is -2.16. The molecule has 0 spiro atoms. The van der Waals surface area contributed by atoms with Crippen LogP contribution in [0.15, 0.2) is 23.1 Å². The fourth-order valence-electron chi connectivity index (χ4n) is 1.99. The van der Waals surface area contributed by atoms with Crippen LogP contribution in [0.5, 0.6) is 0 Å². The van der Waals surface area contributed by atoms with Gasteiger partial charge in [0.05, 0.1) is 4.90 Å². The summed E-state index contributed by atoms with van der Waals surface area (Å²) in [5.41, 5.74) is 1.98. The van der Waals surface area contributed by atoms with Gasteiger partial charge in [-0.3, -0.25) is 0 Å². The Morgan fingerprint density at radius 1 is 1.06 bits per heavy atom. The molecule has 0 unspecified atom stereocenters. The molecule has 2 nitrogen and oxygen atoms in total. The summed E-state index contributed by atoms with van der Waals surface area (Å²) in [5, 5.41) is 0. The second-order valence-corrected chi connectivity index (χ2v) is 5.86. The summed E-state index contributed by atoms with van der Waals surface area (Å²) in [6, 6.07) is 4.34. The van der Waals surface area contributed by atoms with E-state index in [2.05, 4.69) is 0 Å². The minimum absolute atomic E-state index is 0.261. The Balaban J connectivity index is 2.45. The molecule has 0 heterocycles. The summed E-state index contributed by atoms with van der Waals surface area (Å²) >= 11 is 0. The lowest BCUT2D eigenvalue weighted by atomic mass is 9.92. The summed E-state index contributed by atoms with van der Waals surface area (Å²) in [5.74, 6) is -3.34. The Morgan fingerprint density at radius 3 is 2.31 bits per heavy atom. The standard InChI is InChI=1S/C11H12F2O2S/c12-11(13)16(14,15)10-6-5-8-3-1-2-4-9(8)7-10/h5-7,11H,1-4H2. The summed E-state index contributed by atoms with van der Waals surface area (Å²) < 4.78 is 47.2. The molecule has 0 aromatic heterocycles. The monoisotopic (exact) mass is 246 g/mol. The van der Waals surface area contributed by atoms with Gasteiger partial charge in [0.15, 0.2) is 0 Å². The highest BCUT2D eigenvalue weighted by atomic mass is 32.2. The SMILES string of the molecule is O=S(=O)(c1ccc2c(c1)CCCC2)C(F)F. The molecule has 5 heteroatoms. The fraction of sp³-hybridized carbons (Fsp3) is 0.455. The number of hydrogen-bond donors (Lipinski definition) is 0. The van der Waals surface area contributed by atoms with Crippen LogP contribution in [0.1, 0.15) is 24.0 Å². The quantitative estimate of drug-likeness (QED) is 0.803. The van der Waals surface area contributed by atoms with Crippen molar-refractivity contribution in [3.05, 3.63) is 29.3 Å². The van der Waals surface area contributed by atoms with Gasteiger partial charge in [0.1, 0.15) is 0 Å². The van der Waals surface area contributed by atoms with Gasteiger partial charge in [-0.1, -0.05) is 6.07 Å². The largest absolute Gasteiger partial charge is 0.341 e. The zero-order valence-electron chi connectivity index (χ0n) is 8.62. The maximum absolute atomic E-state index is 12.3. The van der Waals surface area contributed by atoms with E-state index in [-0.39, 0.29) is 4.90 Å². The van der Waals surface area contributed by atoms with E-state index < -0.39 is 15.6 Å². The van der Waals surface area contributed by atoms with E-state index in [0.717, 1.165) is 36.8 Å². The van der Waals surface area contributed by atoms with Crippen LogP contribution in [0.2, 0.25) is 0 Å². The fourth-order valence-corrected chi connectivity index (χ4v) is 2.76. The Bertz CT molecular complexity index is 495. The summed E-state index contributed by atoms with van der Waals surface area (Å²) in [6.45, 7) is 0. The van der Waals surface area contributed by atoms with Crippen LogP contribution in [0.25, 0.3) is 0 Å². The predicted octanol–water partition coefficient (Wildman–Crippen LogP) is 2.56. The zero-order chi connectivity index (χ0) is 11.8. The van der Waals surface area contributed by atoms with Crippen molar-refractivity contribution in [3.8, 4) is 0 Å². The van der Waals surface area contributed by atoms with Gasteiger partial charge < -0.3 is 0 Å². The third-order valence-electron chi connectivity index (χ3n) is 2.88. The molecule has 2 rings (SSSR count). The lowest BCUT2D eigenvalue weighted by molar-refractivity contribution is 0.234. The molecule has 0 aliphatic heterocycles. The number of benzene rings is 1. The third-order valence-corrected chi connectivity index (χ3v) is 4.26. The maximum atomic E-state index is 12.3. The van der Waals surface area contributed by atoms with Gasteiger partial charge in [-0.2, -0.15) is 8.78 Å².